The average Bonchev–Trinajstić information content (AvgIpc) is 2.92. The van der Waals surface area contributed by atoms with Crippen molar-refractivity contribution in [2.75, 3.05) is 13.7 Å². The fourth-order valence-electron chi connectivity index (χ4n) is 1.91. The second kappa shape index (κ2) is 6.86. The van der Waals surface area contributed by atoms with Crippen molar-refractivity contribution in [3.8, 4) is 0 Å². The number of pyridine rings is 1. The molecule has 2 aromatic heterocycles. The van der Waals surface area contributed by atoms with Crippen molar-refractivity contribution < 1.29 is 9.53 Å². The van der Waals surface area contributed by atoms with E-state index in [2.05, 4.69) is 38.8 Å². The number of carbonyl (C=O) groups excluding carboxylic acids is 1. The lowest BCUT2D eigenvalue weighted by molar-refractivity contribution is 0.0600. The van der Waals surface area contributed by atoms with Crippen LogP contribution in [0.15, 0.2) is 36.8 Å². The molecule has 0 bridgehead atoms. The largest absolute Gasteiger partial charge is 0.465 e. The molecule has 2 heterocycles. The zero-order chi connectivity index (χ0) is 14.4. The van der Waals surface area contributed by atoms with Gasteiger partial charge in [0, 0.05) is 25.1 Å². The van der Waals surface area contributed by atoms with Crippen LogP contribution >= 0.6 is 0 Å². The Hall–Kier alpha value is -2.14. The molecule has 5 heteroatoms. The van der Waals surface area contributed by atoms with Gasteiger partial charge in [-0.1, -0.05) is 6.92 Å². The summed E-state index contributed by atoms with van der Waals surface area (Å²) >= 11 is 0. The first-order chi connectivity index (χ1) is 9.72. The van der Waals surface area contributed by atoms with Gasteiger partial charge < -0.3 is 14.6 Å². The third-order valence-electron chi connectivity index (χ3n) is 2.98. The zero-order valence-electron chi connectivity index (χ0n) is 11.8. The van der Waals surface area contributed by atoms with E-state index in [0.29, 0.717) is 12.1 Å². The van der Waals surface area contributed by atoms with Crippen molar-refractivity contribution in [1.29, 1.82) is 0 Å². The van der Waals surface area contributed by atoms with E-state index in [1.165, 1.54) is 12.7 Å². The molecule has 0 fully saturated rings. The van der Waals surface area contributed by atoms with Crippen LogP contribution in [0.4, 0.5) is 0 Å². The van der Waals surface area contributed by atoms with Gasteiger partial charge in [-0.15, -0.1) is 0 Å². The van der Waals surface area contributed by atoms with Crippen LogP contribution in [-0.2, 0) is 17.8 Å². The van der Waals surface area contributed by atoms with Crippen molar-refractivity contribution in [2.24, 2.45) is 0 Å². The standard InChI is InChI=1S/C15H19N3O2/c1-3-16-8-12-6-7-18(10-12)11-14-5-4-13(9-17-14)15(19)20-2/h4-7,9-10,16H,3,8,11H2,1-2H3. The molecule has 0 aliphatic heterocycles. The van der Waals surface area contributed by atoms with Crippen molar-refractivity contribution in [3.63, 3.8) is 0 Å². The van der Waals surface area contributed by atoms with E-state index in [1.807, 2.05) is 12.3 Å². The van der Waals surface area contributed by atoms with Crippen LogP contribution in [0.25, 0.3) is 0 Å². The summed E-state index contributed by atoms with van der Waals surface area (Å²) in [7, 11) is 1.36. The highest BCUT2D eigenvalue weighted by molar-refractivity contribution is 5.88. The summed E-state index contributed by atoms with van der Waals surface area (Å²) in [5, 5.41) is 3.29. The first-order valence-electron chi connectivity index (χ1n) is 6.61. The molecule has 0 unspecified atom stereocenters. The lowest BCUT2D eigenvalue weighted by Gasteiger charge is -2.04. The van der Waals surface area contributed by atoms with Gasteiger partial charge >= 0.3 is 5.97 Å². The van der Waals surface area contributed by atoms with E-state index < -0.39 is 0 Å². The van der Waals surface area contributed by atoms with Crippen LogP contribution in [0, 0.1) is 0 Å². The molecular weight excluding hydrogens is 254 g/mol. The number of hydrogen-bond acceptors (Lipinski definition) is 4. The van der Waals surface area contributed by atoms with E-state index in [0.717, 1.165) is 18.8 Å². The number of hydrogen-bond donors (Lipinski definition) is 1. The molecule has 0 radical (unpaired) electrons. The van der Waals surface area contributed by atoms with Crippen molar-refractivity contribution >= 4 is 5.97 Å². The Morgan fingerprint density at radius 2 is 2.25 bits per heavy atom. The van der Waals surface area contributed by atoms with Crippen LogP contribution in [0.1, 0.15) is 28.5 Å². The number of nitrogens with zero attached hydrogens (tertiary/aromatic N) is 2. The van der Waals surface area contributed by atoms with E-state index >= 15 is 0 Å². The predicted octanol–water partition coefficient (Wildman–Crippen LogP) is 1.83. The number of methoxy groups -OCH3 is 1. The molecule has 2 rings (SSSR count). The number of aromatic nitrogens is 2. The maximum absolute atomic E-state index is 11.3. The molecule has 5 nitrogen and oxygen atoms in total. The molecular formula is C15H19N3O2. The van der Waals surface area contributed by atoms with E-state index in [1.54, 1.807) is 12.3 Å². The molecule has 2 aromatic rings. The maximum Gasteiger partial charge on any atom is 0.339 e. The van der Waals surface area contributed by atoms with Crippen molar-refractivity contribution in [2.45, 2.75) is 20.0 Å². The fraction of sp³-hybridized carbons (Fsp3) is 0.333. The van der Waals surface area contributed by atoms with Gasteiger partial charge in [0.15, 0.2) is 0 Å². The van der Waals surface area contributed by atoms with Crippen LogP contribution in [-0.4, -0.2) is 29.2 Å². The predicted molar refractivity (Wildman–Crippen MR) is 76.5 cm³/mol. The highest BCUT2D eigenvalue weighted by Crippen LogP contribution is 2.06. The van der Waals surface area contributed by atoms with Crippen LogP contribution in [0.2, 0.25) is 0 Å². The first kappa shape index (κ1) is 14.3. The quantitative estimate of drug-likeness (QED) is 0.816. The average molecular weight is 273 g/mol. The number of rotatable bonds is 6. The highest BCUT2D eigenvalue weighted by atomic mass is 16.5. The molecule has 0 spiro atoms. The topological polar surface area (TPSA) is 56.2 Å². The summed E-state index contributed by atoms with van der Waals surface area (Å²) in [5.41, 5.74) is 2.62. The summed E-state index contributed by atoms with van der Waals surface area (Å²) < 4.78 is 6.72. The molecule has 0 atom stereocenters. The highest BCUT2D eigenvalue weighted by Gasteiger charge is 2.05. The minimum absolute atomic E-state index is 0.363. The van der Waals surface area contributed by atoms with E-state index in [-0.39, 0.29) is 5.97 Å². The number of ether oxygens (including phenoxy) is 1. The van der Waals surface area contributed by atoms with Gasteiger partial charge in [-0.25, -0.2) is 4.79 Å². The zero-order valence-corrected chi connectivity index (χ0v) is 11.8. The molecule has 1 N–H and O–H groups in total. The summed E-state index contributed by atoms with van der Waals surface area (Å²) in [5.74, 6) is -0.363. The molecule has 0 saturated carbocycles. The molecule has 0 aliphatic rings. The normalized spacial score (nSPS) is 10.5. The minimum Gasteiger partial charge on any atom is -0.465 e. The Labute approximate surface area is 118 Å². The SMILES string of the molecule is CCNCc1ccn(Cc2ccc(C(=O)OC)cn2)c1. The first-order valence-corrected chi connectivity index (χ1v) is 6.61. The van der Waals surface area contributed by atoms with E-state index in [4.69, 9.17) is 0 Å². The monoisotopic (exact) mass is 273 g/mol. The smallest absolute Gasteiger partial charge is 0.339 e. The van der Waals surface area contributed by atoms with Crippen molar-refractivity contribution in [3.05, 3.63) is 53.6 Å². The summed E-state index contributed by atoms with van der Waals surface area (Å²) in [6.45, 7) is 4.61. The van der Waals surface area contributed by atoms with Crippen LogP contribution in [0.5, 0.6) is 0 Å². The van der Waals surface area contributed by atoms with Crippen molar-refractivity contribution in [1.82, 2.24) is 14.9 Å². The number of nitrogens with one attached hydrogen (secondary N) is 1. The lowest BCUT2D eigenvalue weighted by atomic mass is 10.2. The summed E-state index contributed by atoms with van der Waals surface area (Å²) in [6, 6.07) is 5.67. The fourth-order valence-corrected chi connectivity index (χ4v) is 1.91. The third kappa shape index (κ3) is 3.68. The summed E-state index contributed by atoms with van der Waals surface area (Å²) in [4.78, 5) is 15.6. The van der Waals surface area contributed by atoms with Gasteiger partial charge in [-0.2, -0.15) is 0 Å². The second-order valence-electron chi connectivity index (χ2n) is 4.50. The van der Waals surface area contributed by atoms with Gasteiger partial charge in [0.25, 0.3) is 0 Å². The number of esters is 1. The molecule has 106 valence electrons. The third-order valence-corrected chi connectivity index (χ3v) is 2.98. The molecule has 0 saturated heterocycles. The Balaban J connectivity index is 1.99. The maximum atomic E-state index is 11.3. The molecule has 0 aromatic carbocycles. The van der Waals surface area contributed by atoms with Gasteiger partial charge in [0.05, 0.1) is 24.9 Å². The van der Waals surface area contributed by atoms with Crippen LogP contribution < -0.4 is 5.32 Å². The Kier molecular flexibility index (Phi) is 4.90. The molecule has 20 heavy (non-hydrogen) atoms. The van der Waals surface area contributed by atoms with Gasteiger partial charge in [0.1, 0.15) is 0 Å². The number of carbonyl (C=O) groups is 1. The minimum atomic E-state index is -0.363. The van der Waals surface area contributed by atoms with Gasteiger partial charge in [0.2, 0.25) is 0 Å². The van der Waals surface area contributed by atoms with Gasteiger partial charge in [-0.3, -0.25) is 4.98 Å². The molecule has 0 amide bonds. The van der Waals surface area contributed by atoms with Gasteiger partial charge in [-0.05, 0) is 30.3 Å². The summed E-state index contributed by atoms with van der Waals surface area (Å²) in [6.07, 6.45) is 5.67. The van der Waals surface area contributed by atoms with E-state index in [9.17, 15) is 4.79 Å². The Morgan fingerprint density at radius 1 is 1.40 bits per heavy atom. The lowest BCUT2D eigenvalue weighted by Crippen LogP contribution is -2.11. The van der Waals surface area contributed by atoms with Crippen LogP contribution in [0.3, 0.4) is 0 Å². The second-order valence-corrected chi connectivity index (χ2v) is 4.50. The molecule has 0 aliphatic carbocycles. The Morgan fingerprint density at radius 3 is 2.90 bits per heavy atom. The Bertz CT molecular complexity index is 561.